The highest BCUT2D eigenvalue weighted by Crippen LogP contribution is 2.53. The Morgan fingerprint density at radius 3 is 2.25 bits per heavy atom. The maximum absolute atomic E-state index is 12.6. The van der Waals surface area contributed by atoms with Crippen molar-refractivity contribution in [1.82, 2.24) is 5.16 Å². The van der Waals surface area contributed by atoms with Crippen molar-refractivity contribution in [3.05, 3.63) is 17.0 Å². The van der Waals surface area contributed by atoms with Gasteiger partial charge in [-0.15, -0.1) is 0 Å². The third-order valence-corrected chi connectivity index (χ3v) is 6.42. The largest absolute Gasteiger partial charge is 0.469 e. The van der Waals surface area contributed by atoms with Gasteiger partial charge in [0.2, 0.25) is 0 Å². The van der Waals surface area contributed by atoms with Crippen LogP contribution in [-0.4, -0.2) is 29.8 Å². The maximum atomic E-state index is 12.6. The van der Waals surface area contributed by atoms with Crippen molar-refractivity contribution < 1.29 is 23.6 Å². The molecule has 0 amide bonds. The summed E-state index contributed by atoms with van der Waals surface area (Å²) in [5.74, 6) is 1.65. The zero-order valence-corrected chi connectivity index (χ0v) is 21.0. The number of ether oxygens (including phenoxy) is 2. The van der Waals surface area contributed by atoms with Crippen molar-refractivity contribution in [2.75, 3.05) is 7.11 Å². The highest BCUT2D eigenvalue weighted by atomic mass is 16.6. The van der Waals surface area contributed by atoms with Crippen molar-refractivity contribution in [3.8, 4) is 0 Å². The summed E-state index contributed by atoms with van der Waals surface area (Å²) in [6.07, 6.45) is 6.71. The van der Waals surface area contributed by atoms with E-state index < -0.39 is 5.60 Å². The molecule has 0 unspecified atom stereocenters. The van der Waals surface area contributed by atoms with Gasteiger partial charge in [0, 0.05) is 23.8 Å². The molecule has 0 bridgehead atoms. The lowest BCUT2D eigenvalue weighted by Crippen LogP contribution is -2.27. The Bertz CT molecular complexity index is 803. The van der Waals surface area contributed by atoms with E-state index in [1.165, 1.54) is 19.1 Å². The van der Waals surface area contributed by atoms with E-state index in [0.29, 0.717) is 23.7 Å². The van der Waals surface area contributed by atoms with Gasteiger partial charge < -0.3 is 14.0 Å². The van der Waals surface area contributed by atoms with Gasteiger partial charge in [-0.3, -0.25) is 9.59 Å². The minimum atomic E-state index is -0.552. The normalized spacial score (nSPS) is 22.2. The van der Waals surface area contributed by atoms with Crippen LogP contribution in [0.15, 0.2) is 4.52 Å². The summed E-state index contributed by atoms with van der Waals surface area (Å²) >= 11 is 0. The van der Waals surface area contributed by atoms with Crippen LogP contribution in [0, 0.1) is 11.3 Å². The summed E-state index contributed by atoms with van der Waals surface area (Å²) in [6, 6.07) is 0. The van der Waals surface area contributed by atoms with Gasteiger partial charge in [0.25, 0.3) is 0 Å². The van der Waals surface area contributed by atoms with Crippen molar-refractivity contribution >= 4 is 11.9 Å². The Kier molecular flexibility index (Phi) is 7.41. The fraction of sp³-hybridized carbons (Fsp3) is 0.808. The number of rotatable bonds is 9. The number of hydrogen-bond acceptors (Lipinski definition) is 6. The van der Waals surface area contributed by atoms with Gasteiger partial charge in [0.1, 0.15) is 11.4 Å². The standard InChI is InChI=1S/C26H41NO5/c1-25(2,3)15-16-12-19(13-16)23-22(17-8-9-17)24(32-27-23)18(10-11-20(28)30-7)14-21(29)31-26(4,5)6/h16-19H,8-15H2,1-7H3/t16?,18-,19?/m0/s1. The van der Waals surface area contributed by atoms with Crippen molar-refractivity contribution in [3.63, 3.8) is 0 Å². The van der Waals surface area contributed by atoms with Gasteiger partial charge in [0.15, 0.2) is 0 Å². The highest BCUT2D eigenvalue weighted by Gasteiger charge is 2.42. The molecule has 0 saturated heterocycles. The van der Waals surface area contributed by atoms with Crippen LogP contribution in [0.1, 0.15) is 128 Å². The van der Waals surface area contributed by atoms with Crippen molar-refractivity contribution in [1.29, 1.82) is 0 Å². The Hall–Kier alpha value is -1.85. The highest BCUT2D eigenvalue weighted by molar-refractivity contribution is 5.72. The van der Waals surface area contributed by atoms with Crippen LogP contribution >= 0.6 is 0 Å². The summed E-state index contributed by atoms with van der Waals surface area (Å²) in [7, 11) is 1.39. The van der Waals surface area contributed by atoms with E-state index in [1.807, 2.05) is 20.8 Å². The molecule has 0 N–H and O–H groups in total. The van der Waals surface area contributed by atoms with Crippen molar-refractivity contribution in [2.45, 2.75) is 116 Å². The monoisotopic (exact) mass is 447 g/mol. The predicted octanol–water partition coefficient (Wildman–Crippen LogP) is 6.25. The fourth-order valence-corrected chi connectivity index (χ4v) is 4.99. The van der Waals surface area contributed by atoms with Gasteiger partial charge in [-0.1, -0.05) is 25.9 Å². The summed E-state index contributed by atoms with van der Waals surface area (Å²) in [4.78, 5) is 24.5. The van der Waals surface area contributed by atoms with E-state index in [4.69, 9.17) is 14.0 Å². The summed E-state index contributed by atoms with van der Waals surface area (Å²) < 4.78 is 16.3. The Morgan fingerprint density at radius 1 is 1.06 bits per heavy atom. The van der Waals surface area contributed by atoms with E-state index in [1.54, 1.807) is 0 Å². The predicted molar refractivity (Wildman–Crippen MR) is 122 cm³/mol. The zero-order chi connectivity index (χ0) is 23.7. The zero-order valence-electron chi connectivity index (χ0n) is 21.0. The second-order valence-corrected chi connectivity index (χ2v) is 12.0. The first-order valence-electron chi connectivity index (χ1n) is 12.1. The fourth-order valence-electron chi connectivity index (χ4n) is 4.99. The molecule has 6 nitrogen and oxygen atoms in total. The molecule has 2 aliphatic rings. The summed E-state index contributed by atoms with van der Waals surface area (Å²) in [5, 5.41) is 4.54. The van der Waals surface area contributed by atoms with Crippen LogP contribution in [0.5, 0.6) is 0 Å². The molecule has 0 aliphatic heterocycles. The Labute approximate surface area is 192 Å². The van der Waals surface area contributed by atoms with Crippen LogP contribution in [0.4, 0.5) is 0 Å². The first-order chi connectivity index (χ1) is 14.9. The molecule has 6 heteroatoms. The lowest BCUT2D eigenvalue weighted by molar-refractivity contribution is -0.155. The quantitative estimate of drug-likeness (QED) is 0.416. The molecule has 0 aromatic carbocycles. The molecule has 180 valence electrons. The second kappa shape index (κ2) is 9.56. The van der Waals surface area contributed by atoms with E-state index in [0.717, 1.165) is 43.1 Å². The van der Waals surface area contributed by atoms with Gasteiger partial charge in [0.05, 0.1) is 19.2 Å². The molecular weight excluding hydrogens is 406 g/mol. The Morgan fingerprint density at radius 2 is 1.72 bits per heavy atom. The SMILES string of the molecule is COC(=O)CC[C@@H](CC(=O)OC(C)(C)C)c1onc(C2CC(CC(C)(C)C)C2)c1C1CC1. The first-order valence-corrected chi connectivity index (χ1v) is 12.1. The molecular formula is C26H41NO5. The van der Waals surface area contributed by atoms with E-state index in [-0.39, 0.29) is 30.7 Å². The average Bonchev–Trinajstić information content (AvgIpc) is 3.37. The van der Waals surface area contributed by atoms with E-state index in [2.05, 4.69) is 25.9 Å². The first kappa shape index (κ1) is 24.8. The van der Waals surface area contributed by atoms with Crippen molar-refractivity contribution in [2.24, 2.45) is 11.3 Å². The molecule has 2 saturated carbocycles. The average molecular weight is 448 g/mol. The van der Waals surface area contributed by atoms with Crippen LogP contribution in [-0.2, 0) is 19.1 Å². The number of hydrogen-bond donors (Lipinski definition) is 0. The molecule has 0 radical (unpaired) electrons. The number of carbonyl (C=O) groups is 2. The number of carbonyl (C=O) groups excluding carboxylic acids is 2. The summed E-state index contributed by atoms with van der Waals surface area (Å²) in [6.45, 7) is 12.5. The van der Waals surface area contributed by atoms with E-state index >= 15 is 0 Å². The van der Waals surface area contributed by atoms with Gasteiger partial charge in [-0.2, -0.15) is 0 Å². The van der Waals surface area contributed by atoms with E-state index in [9.17, 15) is 9.59 Å². The molecule has 2 fully saturated rings. The van der Waals surface area contributed by atoms with Crippen LogP contribution in [0.25, 0.3) is 0 Å². The number of nitrogens with zero attached hydrogens (tertiary/aromatic N) is 1. The molecule has 2 aliphatic carbocycles. The minimum absolute atomic E-state index is 0.180. The van der Waals surface area contributed by atoms with Gasteiger partial charge in [-0.25, -0.2) is 0 Å². The van der Waals surface area contributed by atoms with Gasteiger partial charge >= 0.3 is 11.9 Å². The van der Waals surface area contributed by atoms with Crippen LogP contribution in [0.3, 0.4) is 0 Å². The van der Waals surface area contributed by atoms with Gasteiger partial charge in [-0.05, 0) is 76.5 Å². The molecule has 1 heterocycles. The third kappa shape index (κ3) is 6.82. The lowest BCUT2D eigenvalue weighted by atomic mass is 9.66. The minimum Gasteiger partial charge on any atom is -0.469 e. The molecule has 0 spiro atoms. The second-order valence-electron chi connectivity index (χ2n) is 12.0. The van der Waals surface area contributed by atoms with Crippen LogP contribution < -0.4 is 0 Å². The molecule has 1 aromatic rings. The smallest absolute Gasteiger partial charge is 0.307 e. The topological polar surface area (TPSA) is 78.6 Å². The summed E-state index contributed by atoms with van der Waals surface area (Å²) in [5.41, 5.74) is 2.10. The number of esters is 2. The molecule has 3 rings (SSSR count). The Balaban J connectivity index is 1.78. The lowest BCUT2D eigenvalue weighted by Gasteiger charge is -2.38. The molecule has 1 atom stereocenters. The third-order valence-electron chi connectivity index (χ3n) is 6.42. The molecule has 1 aromatic heterocycles. The van der Waals surface area contributed by atoms with Crippen LogP contribution in [0.2, 0.25) is 0 Å². The molecule has 32 heavy (non-hydrogen) atoms. The number of methoxy groups -OCH3 is 1. The maximum Gasteiger partial charge on any atom is 0.307 e. The number of aromatic nitrogens is 1.